The first-order chi connectivity index (χ1) is 7.58. The van der Waals surface area contributed by atoms with Crippen molar-refractivity contribution in [1.29, 1.82) is 0 Å². The van der Waals surface area contributed by atoms with Gasteiger partial charge in [-0.2, -0.15) is 0 Å². The van der Waals surface area contributed by atoms with Crippen LogP contribution in [0.4, 0.5) is 0 Å². The topological polar surface area (TPSA) is 46.6 Å². The Morgan fingerprint density at radius 2 is 2.12 bits per heavy atom. The third-order valence-corrected chi connectivity index (χ3v) is 3.30. The van der Waals surface area contributed by atoms with Crippen LogP contribution in [0, 0.1) is 11.8 Å². The van der Waals surface area contributed by atoms with Crippen molar-refractivity contribution in [3.05, 3.63) is 0 Å². The van der Waals surface area contributed by atoms with E-state index in [0.717, 1.165) is 13.0 Å². The highest BCUT2D eigenvalue weighted by Crippen LogP contribution is 2.29. The highest BCUT2D eigenvalue weighted by Gasteiger charge is 2.32. The van der Waals surface area contributed by atoms with Crippen molar-refractivity contribution in [3.8, 4) is 0 Å². The summed E-state index contributed by atoms with van der Waals surface area (Å²) in [6.45, 7) is 5.08. The van der Waals surface area contributed by atoms with Crippen LogP contribution in [0.2, 0.25) is 0 Å². The maximum Gasteiger partial charge on any atom is 0.306 e. The third-order valence-electron chi connectivity index (χ3n) is 3.30. The molecule has 4 nitrogen and oxygen atoms in total. The maximum absolute atomic E-state index is 11.6. The SMILES string of the molecule is CCOC(=O)C[C@@H]1CC(=O)N(C)C[C@@H]1CC. The van der Waals surface area contributed by atoms with E-state index < -0.39 is 0 Å². The zero-order valence-electron chi connectivity index (χ0n) is 10.4. The highest BCUT2D eigenvalue weighted by molar-refractivity contribution is 5.78. The fourth-order valence-electron chi connectivity index (χ4n) is 2.28. The highest BCUT2D eigenvalue weighted by atomic mass is 16.5. The number of hydrogen-bond acceptors (Lipinski definition) is 3. The molecule has 1 fully saturated rings. The van der Waals surface area contributed by atoms with Crippen molar-refractivity contribution in [1.82, 2.24) is 4.90 Å². The number of hydrogen-bond donors (Lipinski definition) is 0. The van der Waals surface area contributed by atoms with Crippen LogP contribution >= 0.6 is 0 Å². The Labute approximate surface area is 96.9 Å². The van der Waals surface area contributed by atoms with Crippen LogP contribution in [0.5, 0.6) is 0 Å². The number of ether oxygens (including phenoxy) is 1. The van der Waals surface area contributed by atoms with E-state index in [-0.39, 0.29) is 17.8 Å². The van der Waals surface area contributed by atoms with Crippen LogP contribution in [0.25, 0.3) is 0 Å². The standard InChI is InChI=1S/C12H21NO3/c1-4-9-8-13(3)11(14)6-10(9)7-12(15)16-5-2/h9-10H,4-8H2,1-3H3/t9-,10-/m0/s1. The summed E-state index contributed by atoms with van der Waals surface area (Å²) in [5.41, 5.74) is 0. The Morgan fingerprint density at radius 3 is 2.69 bits per heavy atom. The predicted molar refractivity (Wildman–Crippen MR) is 60.8 cm³/mol. The second-order valence-corrected chi connectivity index (χ2v) is 4.42. The molecule has 1 aliphatic heterocycles. The molecule has 16 heavy (non-hydrogen) atoms. The molecule has 0 radical (unpaired) electrons. The Kier molecular flexibility index (Phi) is 4.77. The van der Waals surface area contributed by atoms with Gasteiger partial charge in [-0.05, 0) is 18.8 Å². The monoisotopic (exact) mass is 227 g/mol. The number of nitrogens with zero attached hydrogens (tertiary/aromatic N) is 1. The number of amides is 1. The molecule has 0 aromatic rings. The summed E-state index contributed by atoms with van der Waals surface area (Å²) >= 11 is 0. The lowest BCUT2D eigenvalue weighted by Crippen LogP contribution is -2.42. The number of esters is 1. The molecule has 0 aromatic heterocycles. The lowest BCUT2D eigenvalue weighted by molar-refractivity contribution is -0.146. The van der Waals surface area contributed by atoms with Crippen LogP contribution in [0.15, 0.2) is 0 Å². The largest absolute Gasteiger partial charge is 0.466 e. The van der Waals surface area contributed by atoms with Crippen molar-refractivity contribution >= 4 is 11.9 Å². The normalized spacial score (nSPS) is 25.7. The lowest BCUT2D eigenvalue weighted by atomic mass is 9.81. The molecule has 0 aromatic carbocycles. The molecule has 0 aliphatic carbocycles. The van der Waals surface area contributed by atoms with E-state index in [2.05, 4.69) is 6.92 Å². The van der Waals surface area contributed by atoms with Gasteiger partial charge in [-0.1, -0.05) is 13.3 Å². The van der Waals surface area contributed by atoms with E-state index in [1.165, 1.54) is 0 Å². The molecule has 92 valence electrons. The van der Waals surface area contributed by atoms with E-state index in [9.17, 15) is 9.59 Å². The number of piperidine rings is 1. The Bertz CT molecular complexity index is 265. The predicted octanol–water partition coefficient (Wildman–Crippen LogP) is 1.44. The molecule has 1 saturated heterocycles. The van der Waals surface area contributed by atoms with Crippen molar-refractivity contribution in [2.24, 2.45) is 11.8 Å². The zero-order valence-corrected chi connectivity index (χ0v) is 10.4. The number of carbonyl (C=O) groups is 2. The van der Waals surface area contributed by atoms with Crippen molar-refractivity contribution in [2.45, 2.75) is 33.1 Å². The Hall–Kier alpha value is -1.06. The van der Waals surface area contributed by atoms with E-state index in [1.54, 1.807) is 11.8 Å². The molecule has 0 spiro atoms. The van der Waals surface area contributed by atoms with Gasteiger partial charge in [0.15, 0.2) is 0 Å². The van der Waals surface area contributed by atoms with Gasteiger partial charge >= 0.3 is 5.97 Å². The first-order valence-corrected chi connectivity index (χ1v) is 5.98. The van der Waals surface area contributed by atoms with Gasteiger partial charge in [0.2, 0.25) is 5.91 Å². The van der Waals surface area contributed by atoms with Gasteiger partial charge in [-0.25, -0.2) is 0 Å². The summed E-state index contributed by atoms with van der Waals surface area (Å²) in [4.78, 5) is 24.8. The Morgan fingerprint density at radius 1 is 1.44 bits per heavy atom. The van der Waals surface area contributed by atoms with Gasteiger partial charge in [0, 0.05) is 26.4 Å². The molecule has 0 bridgehead atoms. The number of carbonyl (C=O) groups excluding carboxylic acids is 2. The summed E-state index contributed by atoms with van der Waals surface area (Å²) in [6, 6.07) is 0. The molecule has 1 amide bonds. The van der Waals surface area contributed by atoms with Crippen molar-refractivity contribution in [3.63, 3.8) is 0 Å². The molecule has 1 heterocycles. The van der Waals surface area contributed by atoms with Crippen LogP contribution in [-0.2, 0) is 14.3 Å². The molecule has 0 unspecified atom stereocenters. The first-order valence-electron chi connectivity index (χ1n) is 5.98. The average Bonchev–Trinajstić information content (AvgIpc) is 2.23. The quantitative estimate of drug-likeness (QED) is 0.683. The van der Waals surface area contributed by atoms with E-state index in [4.69, 9.17) is 4.74 Å². The first kappa shape index (κ1) is 13.0. The van der Waals surface area contributed by atoms with Gasteiger partial charge in [-0.15, -0.1) is 0 Å². The molecule has 4 heteroatoms. The van der Waals surface area contributed by atoms with Crippen molar-refractivity contribution in [2.75, 3.05) is 20.2 Å². The van der Waals surface area contributed by atoms with Gasteiger partial charge in [0.1, 0.15) is 0 Å². The number of rotatable bonds is 4. The van der Waals surface area contributed by atoms with Crippen molar-refractivity contribution < 1.29 is 14.3 Å². The van der Waals surface area contributed by atoms with E-state index in [1.807, 2.05) is 7.05 Å². The maximum atomic E-state index is 11.6. The smallest absolute Gasteiger partial charge is 0.306 e. The molecule has 0 saturated carbocycles. The molecular weight excluding hydrogens is 206 g/mol. The van der Waals surface area contributed by atoms with E-state index >= 15 is 0 Å². The van der Waals surface area contributed by atoms with Crippen LogP contribution in [0.3, 0.4) is 0 Å². The molecule has 2 atom stereocenters. The fourth-order valence-corrected chi connectivity index (χ4v) is 2.28. The summed E-state index contributed by atoms with van der Waals surface area (Å²) in [5.74, 6) is 0.544. The Balaban J connectivity index is 2.55. The van der Waals surface area contributed by atoms with Crippen LogP contribution < -0.4 is 0 Å². The van der Waals surface area contributed by atoms with E-state index in [0.29, 0.717) is 25.4 Å². The summed E-state index contributed by atoms with van der Waals surface area (Å²) in [6.07, 6.45) is 1.86. The summed E-state index contributed by atoms with van der Waals surface area (Å²) < 4.78 is 4.94. The average molecular weight is 227 g/mol. The second kappa shape index (κ2) is 5.87. The van der Waals surface area contributed by atoms with Crippen LogP contribution in [-0.4, -0.2) is 37.0 Å². The molecular formula is C12H21NO3. The molecule has 0 N–H and O–H groups in total. The molecule has 1 rings (SSSR count). The molecule has 1 aliphatic rings. The van der Waals surface area contributed by atoms with Crippen LogP contribution in [0.1, 0.15) is 33.1 Å². The van der Waals surface area contributed by atoms with Gasteiger partial charge in [0.05, 0.1) is 6.61 Å². The minimum Gasteiger partial charge on any atom is -0.466 e. The minimum absolute atomic E-state index is 0.138. The zero-order chi connectivity index (χ0) is 12.1. The summed E-state index contributed by atoms with van der Waals surface area (Å²) in [5, 5.41) is 0. The summed E-state index contributed by atoms with van der Waals surface area (Å²) in [7, 11) is 1.82. The fraction of sp³-hybridized carbons (Fsp3) is 0.833. The van der Waals surface area contributed by atoms with Gasteiger partial charge < -0.3 is 9.64 Å². The van der Waals surface area contributed by atoms with Gasteiger partial charge in [-0.3, -0.25) is 9.59 Å². The minimum atomic E-state index is -0.177. The third kappa shape index (κ3) is 3.22. The number of likely N-dealkylation sites (tertiary alicyclic amines) is 1. The lowest BCUT2D eigenvalue weighted by Gasteiger charge is -2.35. The van der Waals surface area contributed by atoms with Gasteiger partial charge in [0.25, 0.3) is 0 Å². The second-order valence-electron chi connectivity index (χ2n) is 4.42.